The summed E-state index contributed by atoms with van der Waals surface area (Å²) in [5.41, 5.74) is 1.72. The number of Topliss-reactive ketones (excluding diaryl/α,β-unsaturated/α-hetero) is 1. The Morgan fingerprint density at radius 1 is 1.25 bits per heavy atom. The number of ether oxygens (including phenoxy) is 2. The van der Waals surface area contributed by atoms with Gasteiger partial charge in [0, 0.05) is 26.7 Å². The number of carbonyl (C=O) groups is 1. The summed E-state index contributed by atoms with van der Waals surface area (Å²) in [5.74, 6) is 0.941. The lowest BCUT2D eigenvalue weighted by Crippen LogP contribution is -2.22. The Morgan fingerprint density at radius 2 is 1.95 bits per heavy atom. The molecule has 112 valence electrons. The molecule has 0 radical (unpaired) electrons. The van der Waals surface area contributed by atoms with Crippen molar-refractivity contribution < 1.29 is 14.3 Å². The second-order valence-corrected chi connectivity index (χ2v) is 11.9. The number of ketones is 1. The number of aryl methyl sites for hydroxylation is 1. The number of carbonyl (C=O) groups excluding carboxylic acids is 1. The molecule has 0 aliphatic carbocycles. The van der Waals surface area contributed by atoms with Gasteiger partial charge in [-0.25, -0.2) is 0 Å². The fourth-order valence-electron chi connectivity index (χ4n) is 1.73. The van der Waals surface area contributed by atoms with E-state index in [4.69, 9.17) is 9.47 Å². The molecule has 0 bridgehead atoms. The second kappa shape index (κ2) is 7.60. The van der Waals surface area contributed by atoms with E-state index in [0.29, 0.717) is 6.42 Å². The summed E-state index contributed by atoms with van der Waals surface area (Å²) < 4.78 is 11.1. The first-order valence-corrected chi connectivity index (χ1v) is 10.9. The van der Waals surface area contributed by atoms with Crippen LogP contribution in [-0.2, 0) is 4.74 Å². The van der Waals surface area contributed by atoms with E-state index in [1.807, 2.05) is 32.0 Å². The van der Waals surface area contributed by atoms with Crippen LogP contribution >= 0.6 is 0 Å². The van der Waals surface area contributed by atoms with E-state index in [0.717, 1.165) is 29.5 Å². The van der Waals surface area contributed by atoms with E-state index in [1.165, 1.54) is 0 Å². The maximum Gasteiger partial charge on any atom is 0.189 e. The molecule has 0 aliphatic rings. The minimum Gasteiger partial charge on any atom is -0.467 e. The molecule has 0 fully saturated rings. The summed E-state index contributed by atoms with van der Waals surface area (Å²) in [4.78, 5) is 11.6. The molecule has 1 rings (SSSR count). The molecule has 1 aromatic carbocycles. The van der Waals surface area contributed by atoms with Gasteiger partial charge in [-0.3, -0.25) is 4.79 Å². The molecule has 0 amide bonds. The molecule has 1 aromatic rings. The smallest absolute Gasteiger partial charge is 0.189 e. The van der Waals surface area contributed by atoms with Gasteiger partial charge >= 0.3 is 0 Å². The summed E-state index contributed by atoms with van der Waals surface area (Å²) in [6.07, 6.45) is 0.527. The van der Waals surface area contributed by atoms with E-state index in [1.54, 1.807) is 0 Å². The van der Waals surface area contributed by atoms with Crippen LogP contribution in [0.5, 0.6) is 5.75 Å². The fourth-order valence-corrected chi connectivity index (χ4v) is 2.49. The van der Waals surface area contributed by atoms with E-state index in [2.05, 4.69) is 19.6 Å². The third kappa shape index (κ3) is 5.88. The first kappa shape index (κ1) is 16.9. The highest BCUT2D eigenvalue weighted by Crippen LogP contribution is 2.20. The van der Waals surface area contributed by atoms with Crippen LogP contribution in [0.4, 0.5) is 0 Å². The molecule has 0 spiro atoms. The van der Waals surface area contributed by atoms with Crippen molar-refractivity contribution in [3.05, 3.63) is 29.3 Å². The Bertz CT molecular complexity index is 450. The van der Waals surface area contributed by atoms with Gasteiger partial charge in [-0.05, 0) is 36.7 Å². The van der Waals surface area contributed by atoms with Crippen LogP contribution in [0.3, 0.4) is 0 Å². The minimum absolute atomic E-state index is 0.158. The Hall–Kier alpha value is -1.13. The third-order valence-electron chi connectivity index (χ3n) is 3.11. The first-order chi connectivity index (χ1) is 9.33. The predicted octanol–water partition coefficient (Wildman–Crippen LogP) is 4.28. The molecule has 0 aromatic heterocycles. The summed E-state index contributed by atoms with van der Waals surface area (Å²) in [6, 6.07) is 6.68. The lowest BCUT2D eigenvalue weighted by atomic mass is 10.1. The van der Waals surface area contributed by atoms with Crippen molar-refractivity contribution in [3.8, 4) is 5.75 Å². The van der Waals surface area contributed by atoms with Crippen molar-refractivity contribution in [1.29, 1.82) is 0 Å². The van der Waals surface area contributed by atoms with Gasteiger partial charge in [-0.15, -0.1) is 0 Å². The van der Waals surface area contributed by atoms with Crippen molar-refractivity contribution in [2.75, 3.05) is 13.4 Å². The highest BCUT2D eigenvalue weighted by atomic mass is 28.3. The Labute approximate surface area is 123 Å². The van der Waals surface area contributed by atoms with Gasteiger partial charge in [0.1, 0.15) is 5.75 Å². The molecule has 0 saturated carbocycles. The van der Waals surface area contributed by atoms with Crippen LogP contribution in [0.25, 0.3) is 0 Å². The highest BCUT2D eigenvalue weighted by Gasteiger charge is 2.12. The van der Waals surface area contributed by atoms with Gasteiger partial charge in [-0.1, -0.05) is 26.6 Å². The molecule has 0 heterocycles. The molecule has 0 atom stereocenters. The van der Waals surface area contributed by atoms with Gasteiger partial charge < -0.3 is 9.47 Å². The van der Waals surface area contributed by atoms with Crippen LogP contribution in [0.15, 0.2) is 18.2 Å². The monoisotopic (exact) mass is 294 g/mol. The maximum absolute atomic E-state index is 11.6. The molecule has 20 heavy (non-hydrogen) atoms. The van der Waals surface area contributed by atoms with Gasteiger partial charge in [0.25, 0.3) is 0 Å². The molecular formula is C16H26O3Si. The average molecular weight is 294 g/mol. The Kier molecular flexibility index (Phi) is 6.43. The number of benzene rings is 1. The zero-order chi connectivity index (χ0) is 15.2. The molecular weight excluding hydrogens is 268 g/mol. The van der Waals surface area contributed by atoms with E-state index in [9.17, 15) is 4.79 Å². The van der Waals surface area contributed by atoms with Crippen molar-refractivity contribution in [1.82, 2.24) is 0 Å². The highest BCUT2D eigenvalue weighted by molar-refractivity contribution is 6.76. The lowest BCUT2D eigenvalue weighted by Gasteiger charge is -2.16. The van der Waals surface area contributed by atoms with Gasteiger partial charge in [0.15, 0.2) is 12.6 Å². The van der Waals surface area contributed by atoms with Crippen LogP contribution in [0.1, 0.15) is 29.3 Å². The molecule has 0 aliphatic heterocycles. The first-order valence-electron chi connectivity index (χ1n) is 7.18. The lowest BCUT2D eigenvalue weighted by molar-refractivity contribution is 0.0216. The van der Waals surface area contributed by atoms with Gasteiger partial charge in [-0.2, -0.15) is 0 Å². The maximum atomic E-state index is 11.6. The number of hydrogen-bond acceptors (Lipinski definition) is 3. The summed E-state index contributed by atoms with van der Waals surface area (Å²) >= 11 is 0. The van der Waals surface area contributed by atoms with E-state index in [-0.39, 0.29) is 12.6 Å². The second-order valence-electron chi connectivity index (χ2n) is 6.24. The van der Waals surface area contributed by atoms with Crippen molar-refractivity contribution in [3.63, 3.8) is 0 Å². The SMILES string of the molecule is CCC(=O)c1ccc(OCOCC[Si](C)(C)C)c(C)c1. The zero-order valence-electron chi connectivity index (χ0n) is 13.3. The average Bonchev–Trinajstić information content (AvgIpc) is 2.37. The predicted molar refractivity (Wildman–Crippen MR) is 85.4 cm³/mol. The molecule has 3 nitrogen and oxygen atoms in total. The van der Waals surface area contributed by atoms with Crippen LogP contribution in [0.2, 0.25) is 25.7 Å². The van der Waals surface area contributed by atoms with Crippen LogP contribution in [-0.4, -0.2) is 27.3 Å². The normalized spacial score (nSPS) is 11.4. The van der Waals surface area contributed by atoms with Crippen LogP contribution < -0.4 is 4.74 Å². The largest absolute Gasteiger partial charge is 0.467 e. The molecule has 0 saturated heterocycles. The summed E-state index contributed by atoms with van der Waals surface area (Å²) in [7, 11) is -1.04. The zero-order valence-corrected chi connectivity index (χ0v) is 14.3. The number of rotatable bonds is 8. The van der Waals surface area contributed by atoms with E-state index >= 15 is 0 Å². The molecule has 4 heteroatoms. The van der Waals surface area contributed by atoms with Crippen molar-refractivity contribution in [2.45, 2.75) is 46.0 Å². The quantitative estimate of drug-likeness (QED) is 0.311. The summed E-state index contributed by atoms with van der Waals surface area (Å²) in [5, 5.41) is 0. The molecule has 0 unspecified atom stereocenters. The van der Waals surface area contributed by atoms with Crippen LogP contribution in [0, 0.1) is 6.92 Å². The summed E-state index contributed by atoms with van der Waals surface area (Å²) in [6.45, 7) is 11.8. The standard InChI is InChI=1S/C16H26O3Si/c1-6-15(17)14-7-8-16(13(2)11-14)19-12-18-9-10-20(3,4)5/h7-8,11H,6,9-10,12H2,1-5H3. The minimum atomic E-state index is -1.04. The topological polar surface area (TPSA) is 35.5 Å². The number of hydrogen-bond donors (Lipinski definition) is 0. The Morgan fingerprint density at radius 3 is 2.50 bits per heavy atom. The van der Waals surface area contributed by atoms with Crippen molar-refractivity contribution in [2.24, 2.45) is 0 Å². The van der Waals surface area contributed by atoms with Gasteiger partial charge in [0.05, 0.1) is 0 Å². The van der Waals surface area contributed by atoms with Gasteiger partial charge in [0.2, 0.25) is 0 Å². The van der Waals surface area contributed by atoms with E-state index < -0.39 is 8.07 Å². The molecule has 0 N–H and O–H groups in total. The fraction of sp³-hybridized carbons (Fsp3) is 0.562. The van der Waals surface area contributed by atoms with Crippen molar-refractivity contribution >= 4 is 13.9 Å². The Balaban J connectivity index is 2.43. The third-order valence-corrected chi connectivity index (χ3v) is 4.82.